The van der Waals surface area contributed by atoms with Gasteiger partial charge in [0, 0.05) is 6.04 Å². The first-order chi connectivity index (χ1) is 6.41. The van der Waals surface area contributed by atoms with Crippen molar-refractivity contribution in [1.82, 2.24) is 9.44 Å². The molecule has 2 N–H and O–H groups in total. The summed E-state index contributed by atoms with van der Waals surface area (Å²) in [6.07, 6.45) is 6.69. The zero-order valence-electron chi connectivity index (χ0n) is 8.87. The summed E-state index contributed by atoms with van der Waals surface area (Å²) in [5.41, 5.74) is 0. The van der Waals surface area contributed by atoms with Crippen LogP contribution in [0.1, 0.15) is 33.6 Å². The van der Waals surface area contributed by atoms with E-state index >= 15 is 0 Å². The van der Waals surface area contributed by atoms with Crippen molar-refractivity contribution < 1.29 is 8.42 Å². The summed E-state index contributed by atoms with van der Waals surface area (Å²) >= 11 is 0. The Morgan fingerprint density at radius 2 is 1.93 bits per heavy atom. The van der Waals surface area contributed by atoms with E-state index in [1.165, 1.54) is 0 Å². The Balaban J connectivity index is 4.27. The maximum atomic E-state index is 11.4. The normalized spacial score (nSPS) is 13.9. The molecule has 0 rings (SSSR count). The SMILES string of the molecule is C#CC(CCC)NS(=O)(=O)NC(C)C. The largest absolute Gasteiger partial charge is 0.278 e. The van der Waals surface area contributed by atoms with Crippen molar-refractivity contribution in [2.45, 2.75) is 45.7 Å². The highest BCUT2D eigenvalue weighted by Gasteiger charge is 2.15. The van der Waals surface area contributed by atoms with Crippen molar-refractivity contribution in [3.05, 3.63) is 0 Å². The van der Waals surface area contributed by atoms with Gasteiger partial charge in [0.1, 0.15) is 0 Å². The van der Waals surface area contributed by atoms with Crippen LogP contribution in [0.25, 0.3) is 0 Å². The van der Waals surface area contributed by atoms with Gasteiger partial charge in [0.25, 0.3) is 10.2 Å². The van der Waals surface area contributed by atoms with Crippen LogP contribution in [0.5, 0.6) is 0 Å². The Morgan fingerprint density at radius 3 is 2.29 bits per heavy atom. The predicted molar refractivity (Wildman–Crippen MR) is 57.9 cm³/mol. The predicted octanol–water partition coefficient (Wildman–Crippen LogP) is 0.621. The van der Waals surface area contributed by atoms with Gasteiger partial charge in [-0.25, -0.2) is 0 Å². The van der Waals surface area contributed by atoms with Gasteiger partial charge in [0.2, 0.25) is 0 Å². The number of nitrogens with one attached hydrogen (secondary N) is 2. The minimum atomic E-state index is -3.46. The van der Waals surface area contributed by atoms with E-state index < -0.39 is 16.3 Å². The lowest BCUT2D eigenvalue weighted by atomic mass is 10.2. The monoisotopic (exact) mass is 218 g/mol. The summed E-state index contributed by atoms with van der Waals surface area (Å²) < 4.78 is 27.5. The Hall–Kier alpha value is -0.570. The van der Waals surface area contributed by atoms with E-state index in [2.05, 4.69) is 15.4 Å². The molecule has 1 unspecified atom stereocenters. The van der Waals surface area contributed by atoms with Crippen molar-refractivity contribution in [2.75, 3.05) is 0 Å². The van der Waals surface area contributed by atoms with Gasteiger partial charge < -0.3 is 0 Å². The Bertz CT molecular complexity index is 290. The summed E-state index contributed by atoms with van der Waals surface area (Å²) in [5.74, 6) is 2.40. The van der Waals surface area contributed by atoms with Gasteiger partial charge in [-0.2, -0.15) is 17.9 Å². The zero-order valence-corrected chi connectivity index (χ0v) is 9.69. The molecule has 0 amide bonds. The van der Waals surface area contributed by atoms with Crippen molar-refractivity contribution >= 4 is 10.2 Å². The second-order valence-electron chi connectivity index (χ2n) is 3.40. The van der Waals surface area contributed by atoms with Crippen LogP contribution in [-0.4, -0.2) is 20.5 Å². The van der Waals surface area contributed by atoms with Crippen LogP contribution in [-0.2, 0) is 10.2 Å². The van der Waals surface area contributed by atoms with Crippen molar-refractivity contribution in [3.63, 3.8) is 0 Å². The molecule has 0 aliphatic carbocycles. The van der Waals surface area contributed by atoms with E-state index in [9.17, 15) is 8.42 Å². The molecule has 82 valence electrons. The van der Waals surface area contributed by atoms with Crippen molar-refractivity contribution in [1.29, 1.82) is 0 Å². The maximum absolute atomic E-state index is 11.4. The quantitative estimate of drug-likeness (QED) is 0.642. The molecule has 0 spiro atoms. The van der Waals surface area contributed by atoms with Crippen LogP contribution in [0.4, 0.5) is 0 Å². The highest BCUT2D eigenvalue weighted by Crippen LogP contribution is 1.96. The molecule has 0 aromatic heterocycles. The molecule has 0 aliphatic rings. The van der Waals surface area contributed by atoms with Gasteiger partial charge in [-0.3, -0.25) is 0 Å². The maximum Gasteiger partial charge on any atom is 0.278 e. The lowest BCUT2D eigenvalue weighted by Crippen LogP contribution is -2.44. The Kier molecular flexibility index (Phi) is 5.77. The molecule has 1 atom stereocenters. The van der Waals surface area contributed by atoms with Crippen LogP contribution in [0, 0.1) is 12.3 Å². The Labute approximate surface area is 86.7 Å². The Morgan fingerprint density at radius 1 is 1.36 bits per heavy atom. The molecule has 0 aliphatic heterocycles. The summed E-state index contributed by atoms with van der Waals surface area (Å²) in [7, 11) is -3.46. The second kappa shape index (κ2) is 6.02. The number of hydrogen-bond donors (Lipinski definition) is 2. The van der Waals surface area contributed by atoms with E-state index in [1.54, 1.807) is 13.8 Å². The van der Waals surface area contributed by atoms with Crippen LogP contribution in [0.15, 0.2) is 0 Å². The van der Waals surface area contributed by atoms with E-state index in [1.807, 2.05) is 6.92 Å². The van der Waals surface area contributed by atoms with E-state index in [0.717, 1.165) is 6.42 Å². The van der Waals surface area contributed by atoms with Gasteiger partial charge in [0.05, 0.1) is 6.04 Å². The van der Waals surface area contributed by atoms with Crippen LogP contribution in [0.3, 0.4) is 0 Å². The highest BCUT2D eigenvalue weighted by atomic mass is 32.2. The van der Waals surface area contributed by atoms with Crippen LogP contribution < -0.4 is 9.44 Å². The molecule has 0 radical (unpaired) electrons. The van der Waals surface area contributed by atoms with Crippen molar-refractivity contribution in [2.24, 2.45) is 0 Å². The van der Waals surface area contributed by atoms with Crippen LogP contribution in [0.2, 0.25) is 0 Å². The molecule has 0 fully saturated rings. The first-order valence-corrected chi connectivity index (χ1v) is 6.15. The molecule has 0 heterocycles. The fourth-order valence-corrected chi connectivity index (χ4v) is 2.25. The topological polar surface area (TPSA) is 58.2 Å². The zero-order chi connectivity index (χ0) is 11.2. The number of hydrogen-bond acceptors (Lipinski definition) is 2. The van der Waals surface area contributed by atoms with Gasteiger partial charge in [-0.1, -0.05) is 19.3 Å². The molecule has 0 saturated carbocycles. The third-order valence-corrected chi connectivity index (χ3v) is 2.84. The van der Waals surface area contributed by atoms with Crippen LogP contribution >= 0.6 is 0 Å². The summed E-state index contributed by atoms with van der Waals surface area (Å²) in [6.45, 7) is 5.46. The molecule has 14 heavy (non-hydrogen) atoms. The molecule has 0 bridgehead atoms. The smallest absolute Gasteiger partial charge is 0.200 e. The lowest BCUT2D eigenvalue weighted by molar-refractivity contribution is 0.540. The molecule has 0 aromatic carbocycles. The van der Waals surface area contributed by atoms with Gasteiger partial charge in [-0.15, -0.1) is 6.42 Å². The van der Waals surface area contributed by atoms with Gasteiger partial charge >= 0.3 is 0 Å². The second-order valence-corrected chi connectivity index (χ2v) is 4.88. The standard InChI is InChI=1S/C9H18N2O2S/c1-5-7-9(6-2)11-14(12,13)10-8(3)4/h2,8-11H,5,7H2,1,3-4H3. The highest BCUT2D eigenvalue weighted by molar-refractivity contribution is 7.87. The number of terminal acetylenes is 1. The fraction of sp³-hybridized carbons (Fsp3) is 0.778. The number of rotatable bonds is 6. The summed E-state index contributed by atoms with van der Waals surface area (Å²) in [4.78, 5) is 0. The van der Waals surface area contributed by atoms with E-state index in [0.29, 0.717) is 6.42 Å². The van der Waals surface area contributed by atoms with E-state index in [-0.39, 0.29) is 6.04 Å². The van der Waals surface area contributed by atoms with Crippen molar-refractivity contribution in [3.8, 4) is 12.3 Å². The summed E-state index contributed by atoms with van der Waals surface area (Å²) in [6, 6.07) is -0.552. The molecular weight excluding hydrogens is 200 g/mol. The fourth-order valence-electron chi connectivity index (χ4n) is 0.997. The molecule has 0 aromatic rings. The lowest BCUT2D eigenvalue weighted by Gasteiger charge is -2.14. The molecule has 5 heteroatoms. The minimum absolute atomic E-state index is 0.132. The third-order valence-electron chi connectivity index (χ3n) is 1.47. The first-order valence-electron chi connectivity index (χ1n) is 4.67. The van der Waals surface area contributed by atoms with E-state index in [4.69, 9.17) is 6.42 Å². The first kappa shape index (κ1) is 13.4. The summed E-state index contributed by atoms with van der Waals surface area (Å²) in [5, 5.41) is 0. The average molecular weight is 218 g/mol. The van der Waals surface area contributed by atoms with Gasteiger partial charge in [-0.05, 0) is 20.3 Å². The van der Waals surface area contributed by atoms with Gasteiger partial charge in [0.15, 0.2) is 0 Å². The minimum Gasteiger partial charge on any atom is -0.200 e. The molecule has 4 nitrogen and oxygen atoms in total. The third kappa shape index (κ3) is 5.97. The molecule has 0 saturated heterocycles. The molecular formula is C9H18N2O2S. The average Bonchev–Trinajstić information content (AvgIpc) is 2.00.